The minimum absolute atomic E-state index is 0.00757. The Morgan fingerprint density at radius 2 is 2.05 bits per heavy atom. The summed E-state index contributed by atoms with van der Waals surface area (Å²) in [6.45, 7) is 1.92. The van der Waals surface area contributed by atoms with Crippen LogP contribution in [0.15, 0.2) is 23.1 Å². The highest BCUT2D eigenvalue weighted by molar-refractivity contribution is 7.90. The number of carbonyl (C=O) groups is 1. The van der Waals surface area contributed by atoms with Crippen LogP contribution in [0.3, 0.4) is 0 Å². The van der Waals surface area contributed by atoms with Crippen molar-refractivity contribution in [2.24, 2.45) is 0 Å². The molecule has 7 heteroatoms. The van der Waals surface area contributed by atoms with E-state index < -0.39 is 21.8 Å². The molecule has 6 nitrogen and oxygen atoms in total. The van der Waals surface area contributed by atoms with Crippen molar-refractivity contribution in [1.82, 2.24) is 5.32 Å². The van der Waals surface area contributed by atoms with E-state index in [1.54, 1.807) is 6.92 Å². The third kappa shape index (κ3) is 4.88. The maximum Gasteiger partial charge on any atom is 0.251 e. The molecule has 0 aromatic heterocycles. The maximum atomic E-state index is 11.8. The first-order chi connectivity index (χ1) is 8.70. The number of aliphatic hydroxyl groups is 1. The quantitative estimate of drug-likeness (QED) is 0.669. The second-order valence-corrected chi connectivity index (χ2v) is 6.47. The molecule has 0 bridgehead atoms. The smallest absolute Gasteiger partial charge is 0.251 e. The molecular formula is C12H18N2O4S. The van der Waals surface area contributed by atoms with Gasteiger partial charge in [0.1, 0.15) is 0 Å². The van der Waals surface area contributed by atoms with Gasteiger partial charge in [0.2, 0.25) is 0 Å². The molecule has 4 N–H and O–H groups in total. The van der Waals surface area contributed by atoms with E-state index in [-0.39, 0.29) is 16.1 Å². The summed E-state index contributed by atoms with van der Waals surface area (Å²) >= 11 is 0. The van der Waals surface area contributed by atoms with Gasteiger partial charge < -0.3 is 16.2 Å². The van der Waals surface area contributed by atoms with Crippen LogP contribution >= 0.6 is 0 Å². The second-order valence-electron chi connectivity index (χ2n) is 4.46. The Morgan fingerprint density at radius 1 is 1.42 bits per heavy atom. The van der Waals surface area contributed by atoms with Gasteiger partial charge in [-0.05, 0) is 31.5 Å². The van der Waals surface area contributed by atoms with Crippen molar-refractivity contribution in [2.45, 2.75) is 24.3 Å². The summed E-state index contributed by atoms with van der Waals surface area (Å²) in [5, 5.41) is 11.7. The Balaban J connectivity index is 2.89. The number of anilines is 1. The van der Waals surface area contributed by atoms with Gasteiger partial charge >= 0.3 is 0 Å². The molecule has 1 atom stereocenters. The first kappa shape index (κ1) is 15.5. The largest absolute Gasteiger partial charge is 0.399 e. The third-order valence-electron chi connectivity index (χ3n) is 2.47. The van der Waals surface area contributed by atoms with Gasteiger partial charge in [-0.25, -0.2) is 8.42 Å². The van der Waals surface area contributed by atoms with Crippen molar-refractivity contribution in [3.63, 3.8) is 0 Å². The number of hydrogen-bond acceptors (Lipinski definition) is 5. The molecule has 1 unspecified atom stereocenters. The average Bonchev–Trinajstić information content (AvgIpc) is 2.26. The molecule has 0 fully saturated rings. The highest BCUT2D eigenvalue weighted by Gasteiger charge is 2.13. The lowest BCUT2D eigenvalue weighted by molar-refractivity contribution is 0.0945. The zero-order chi connectivity index (χ0) is 14.6. The van der Waals surface area contributed by atoms with Crippen molar-refractivity contribution in [2.75, 3.05) is 18.5 Å². The SMILES string of the molecule is CC(O)CCNC(=O)c1cc(N)cc(S(C)(=O)=O)c1. The van der Waals surface area contributed by atoms with Crippen LogP contribution < -0.4 is 11.1 Å². The van der Waals surface area contributed by atoms with Gasteiger partial charge in [-0.1, -0.05) is 0 Å². The Labute approximate surface area is 112 Å². The van der Waals surface area contributed by atoms with E-state index in [9.17, 15) is 13.2 Å². The standard InChI is InChI=1S/C12H18N2O4S/c1-8(15)3-4-14-12(16)9-5-10(13)7-11(6-9)19(2,17)18/h5-8,15H,3-4,13H2,1-2H3,(H,14,16). The van der Waals surface area contributed by atoms with Gasteiger partial charge in [-0.15, -0.1) is 0 Å². The summed E-state index contributed by atoms with van der Waals surface area (Å²) in [6.07, 6.45) is 0.969. The summed E-state index contributed by atoms with van der Waals surface area (Å²) in [6, 6.07) is 4.00. The number of rotatable bonds is 5. The molecular weight excluding hydrogens is 268 g/mol. The van der Waals surface area contributed by atoms with Gasteiger partial charge in [0.15, 0.2) is 9.84 Å². The molecule has 1 rings (SSSR count). The molecule has 106 valence electrons. The maximum absolute atomic E-state index is 11.8. The molecule has 0 heterocycles. The van der Waals surface area contributed by atoms with Gasteiger partial charge in [0, 0.05) is 24.1 Å². The Kier molecular flexibility index (Phi) is 4.90. The lowest BCUT2D eigenvalue weighted by Crippen LogP contribution is -2.26. The van der Waals surface area contributed by atoms with E-state index >= 15 is 0 Å². The number of aliphatic hydroxyl groups excluding tert-OH is 1. The molecule has 0 saturated heterocycles. The van der Waals surface area contributed by atoms with E-state index in [4.69, 9.17) is 10.8 Å². The van der Waals surface area contributed by atoms with E-state index in [1.165, 1.54) is 18.2 Å². The molecule has 1 aromatic rings. The lowest BCUT2D eigenvalue weighted by atomic mass is 10.2. The number of carbonyl (C=O) groups excluding carboxylic acids is 1. The summed E-state index contributed by atoms with van der Waals surface area (Å²) in [5.74, 6) is -0.419. The number of nitrogens with two attached hydrogens (primary N) is 1. The Morgan fingerprint density at radius 3 is 2.58 bits per heavy atom. The normalized spacial score (nSPS) is 13.0. The summed E-state index contributed by atoms with van der Waals surface area (Å²) in [7, 11) is -3.42. The van der Waals surface area contributed by atoms with E-state index in [2.05, 4.69) is 5.32 Å². The van der Waals surface area contributed by atoms with Gasteiger partial charge in [0.05, 0.1) is 11.0 Å². The zero-order valence-electron chi connectivity index (χ0n) is 10.9. The van der Waals surface area contributed by atoms with Crippen LogP contribution in [-0.4, -0.2) is 38.3 Å². The molecule has 19 heavy (non-hydrogen) atoms. The number of amides is 1. The highest BCUT2D eigenvalue weighted by atomic mass is 32.2. The van der Waals surface area contributed by atoms with Gasteiger partial charge in [-0.3, -0.25) is 4.79 Å². The van der Waals surface area contributed by atoms with Gasteiger partial charge in [0.25, 0.3) is 5.91 Å². The summed E-state index contributed by atoms with van der Waals surface area (Å²) in [5.41, 5.74) is 5.98. The number of nitrogen functional groups attached to an aromatic ring is 1. The Bertz CT molecular complexity index is 567. The van der Waals surface area contributed by atoms with Crippen LogP contribution in [0.2, 0.25) is 0 Å². The van der Waals surface area contributed by atoms with Crippen molar-refractivity contribution in [3.8, 4) is 0 Å². The fourth-order valence-corrected chi connectivity index (χ4v) is 2.16. The molecule has 0 saturated carbocycles. The van der Waals surface area contributed by atoms with Crippen LogP contribution in [0, 0.1) is 0 Å². The number of sulfone groups is 1. The fraction of sp³-hybridized carbons (Fsp3) is 0.417. The van der Waals surface area contributed by atoms with Crippen LogP contribution in [0.1, 0.15) is 23.7 Å². The van der Waals surface area contributed by atoms with Gasteiger partial charge in [-0.2, -0.15) is 0 Å². The fourth-order valence-electron chi connectivity index (χ4n) is 1.46. The topological polar surface area (TPSA) is 109 Å². The monoisotopic (exact) mass is 286 g/mol. The molecule has 0 aliphatic carbocycles. The van der Waals surface area contributed by atoms with Crippen LogP contribution in [0.25, 0.3) is 0 Å². The van der Waals surface area contributed by atoms with Crippen molar-refractivity contribution < 1.29 is 18.3 Å². The van der Waals surface area contributed by atoms with E-state index in [1.807, 2.05) is 0 Å². The first-order valence-electron chi connectivity index (χ1n) is 5.77. The average molecular weight is 286 g/mol. The van der Waals surface area contributed by atoms with Crippen molar-refractivity contribution in [1.29, 1.82) is 0 Å². The summed E-state index contributed by atoms with van der Waals surface area (Å²) in [4.78, 5) is 11.8. The molecule has 1 amide bonds. The van der Waals surface area contributed by atoms with Crippen molar-refractivity contribution >= 4 is 21.4 Å². The van der Waals surface area contributed by atoms with Crippen LogP contribution in [-0.2, 0) is 9.84 Å². The second kappa shape index (κ2) is 6.03. The first-order valence-corrected chi connectivity index (χ1v) is 7.66. The van der Waals surface area contributed by atoms with E-state index in [0.717, 1.165) is 6.26 Å². The molecule has 1 aromatic carbocycles. The minimum Gasteiger partial charge on any atom is -0.399 e. The third-order valence-corrected chi connectivity index (χ3v) is 3.56. The summed E-state index contributed by atoms with van der Waals surface area (Å²) < 4.78 is 22.9. The highest BCUT2D eigenvalue weighted by Crippen LogP contribution is 2.16. The molecule has 0 radical (unpaired) electrons. The molecule has 0 aliphatic rings. The molecule has 0 aliphatic heterocycles. The van der Waals surface area contributed by atoms with Crippen molar-refractivity contribution in [3.05, 3.63) is 23.8 Å². The minimum atomic E-state index is -3.42. The predicted octanol–water partition coefficient (Wildman–Crippen LogP) is 0.173. The zero-order valence-corrected chi connectivity index (χ0v) is 11.7. The lowest BCUT2D eigenvalue weighted by Gasteiger charge is -2.08. The van der Waals surface area contributed by atoms with Crippen LogP contribution in [0.4, 0.5) is 5.69 Å². The number of nitrogens with one attached hydrogen (secondary N) is 1. The number of hydrogen-bond donors (Lipinski definition) is 3. The van der Waals surface area contributed by atoms with E-state index in [0.29, 0.717) is 13.0 Å². The van der Waals surface area contributed by atoms with Crippen LogP contribution in [0.5, 0.6) is 0 Å². The number of benzene rings is 1. The predicted molar refractivity (Wildman–Crippen MR) is 72.6 cm³/mol. The Hall–Kier alpha value is -1.60. The molecule has 0 spiro atoms.